The van der Waals surface area contributed by atoms with E-state index in [0.29, 0.717) is 42.2 Å². The summed E-state index contributed by atoms with van der Waals surface area (Å²) in [5.41, 5.74) is 1.34. The van der Waals surface area contributed by atoms with Crippen molar-refractivity contribution < 1.29 is 23.8 Å². The van der Waals surface area contributed by atoms with E-state index in [9.17, 15) is 9.59 Å². The van der Waals surface area contributed by atoms with Gasteiger partial charge in [0.05, 0.1) is 13.5 Å². The average Bonchev–Trinajstić information content (AvgIpc) is 3.32. The van der Waals surface area contributed by atoms with Gasteiger partial charge in [0.1, 0.15) is 25.0 Å². The van der Waals surface area contributed by atoms with Crippen LogP contribution in [0, 0.1) is 0 Å². The number of aromatic nitrogens is 3. The van der Waals surface area contributed by atoms with Gasteiger partial charge in [-0.1, -0.05) is 0 Å². The van der Waals surface area contributed by atoms with Crippen molar-refractivity contribution in [3.8, 4) is 28.6 Å². The molecule has 0 saturated carbocycles. The summed E-state index contributed by atoms with van der Waals surface area (Å²) in [6.07, 6.45) is -0.0846. The number of anilines is 2. The molecule has 10 heteroatoms. The average molecular weight is 421 g/mol. The van der Waals surface area contributed by atoms with Gasteiger partial charge in [-0.05, 0) is 36.4 Å². The number of methoxy groups -OCH3 is 1. The summed E-state index contributed by atoms with van der Waals surface area (Å²) in [4.78, 5) is 29.3. The third-order valence-corrected chi connectivity index (χ3v) is 5.02. The molecule has 2 aliphatic rings. The van der Waals surface area contributed by atoms with E-state index in [1.807, 2.05) is 12.1 Å². The van der Waals surface area contributed by atoms with Crippen LogP contribution in [0.4, 0.5) is 11.6 Å². The lowest BCUT2D eigenvalue weighted by Gasteiger charge is -2.19. The summed E-state index contributed by atoms with van der Waals surface area (Å²) < 4.78 is 17.6. The van der Waals surface area contributed by atoms with Crippen LogP contribution in [0.15, 0.2) is 42.5 Å². The van der Waals surface area contributed by atoms with Crippen LogP contribution in [0.3, 0.4) is 0 Å². The van der Waals surface area contributed by atoms with Crippen molar-refractivity contribution in [2.75, 3.05) is 31.0 Å². The van der Waals surface area contributed by atoms with Crippen molar-refractivity contribution in [2.45, 2.75) is 12.5 Å². The normalized spacial score (nSPS) is 16.4. The topological polar surface area (TPSA) is 117 Å². The largest absolute Gasteiger partial charge is 0.497 e. The van der Waals surface area contributed by atoms with E-state index in [2.05, 4.69) is 20.7 Å². The first kappa shape index (κ1) is 18.9. The van der Waals surface area contributed by atoms with Crippen molar-refractivity contribution >= 4 is 23.5 Å². The number of ether oxygens (including phenoxy) is 3. The first-order valence-electron chi connectivity index (χ1n) is 9.72. The second-order valence-corrected chi connectivity index (χ2v) is 7.05. The first-order chi connectivity index (χ1) is 15.1. The maximum Gasteiger partial charge on any atom is 0.252 e. The van der Waals surface area contributed by atoms with Crippen molar-refractivity contribution in [1.82, 2.24) is 14.8 Å². The highest BCUT2D eigenvalue weighted by Crippen LogP contribution is 2.33. The number of hydrogen-bond acceptors (Lipinski definition) is 7. The molecule has 0 radical (unpaired) electrons. The minimum Gasteiger partial charge on any atom is -0.497 e. The van der Waals surface area contributed by atoms with E-state index in [1.54, 1.807) is 37.4 Å². The molecule has 5 rings (SSSR count). The highest BCUT2D eigenvalue weighted by Gasteiger charge is 2.35. The Kier molecular flexibility index (Phi) is 4.66. The Morgan fingerprint density at radius 1 is 1.19 bits per heavy atom. The number of nitrogens with zero attached hydrogens (tertiary/aromatic N) is 3. The molecule has 2 N–H and O–H groups in total. The molecule has 158 valence electrons. The highest BCUT2D eigenvalue weighted by molar-refractivity contribution is 6.01. The van der Waals surface area contributed by atoms with E-state index < -0.39 is 6.04 Å². The van der Waals surface area contributed by atoms with Crippen molar-refractivity contribution in [3.05, 3.63) is 42.5 Å². The molecular formula is C21H19N5O5. The van der Waals surface area contributed by atoms with Gasteiger partial charge in [0.15, 0.2) is 17.3 Å². The van der Waals surface area contributed by atoms with Crippen LogP contribution >= 0.6 is 0 Å². The van der Waals surface area contributed by atoms with E-state index in [0.717, 1.165) is 11.3 Å². The van der Waals surface area contributed by atoms with Crippen molar-refractivity contribution in [3.63, 3.8) is 0 Å². The summed E-state index contributed by atoms with van der Waals surface area (Å²) >= 11 is 0. The molecule has 31 heavy (non-hydrogen) atoms. The fourth-order valence-corrected chi connectivity index (χ4v) is 3.48. The Morgan fingerprint density at radius 3 is 2.74 bits per heavy atom. The Balaban J connectivity index is 1.30. The molecule has 2 amide bonds. The number of hydrogen-bond donors (Lipinski definition) is 2. The maximum atomic E-state index is 12.6. The maximum absolute atomic E-state index is 12.6. The summed E-state index contributed by atoms with van der Waals surface area (Å²) in [6, 6.07) is 11.6. The predicted octanol–water partition coefficient (Wildman–Crippen LogP) is 2.25. The molecule has 0 aliphatic carbocycles. The van der Waals surface area contributed by atoms with Crippen LogP contribution in [0.25, 0.3) is 11.4 Å². The van der Waals surface area contributed by atoms with E-state index >= 15 is 0 Å². The Bertz CT molecular complexity index is 1160. The van der Waals surface area contributed by atoms with Gasteiger partial charge in [-0.2, -0.15) is 4.98 Å². The summed E-state index contributed by atoms with van der Waals surface area (Å²) in [5.74, 6) is 2.04. The van der Waals surface area contributed by atoms with E-state index in [-0.39, 0.29) is 18.2 Å². The van der Waals surface area contributed by atoms with Crippen LogP contribution in [-0.2, 0) is 9.59 Å². The van der Waals surface area contributed by atoms with Crippen LogP contribution < -0.4 is 24.8 Å². The zero-order chi connectivity index (χ0) is 21.4. The Labute approximate surface area is 177 Å². The molecule has 2 aliphatic heterocycles. The third-order valence-electron chi connectivity index (χ3n) is 5.02. The second-order valence-electron chi connectivity index (χ2n) is 7.05. The van der Waals surface area contributed by atoms with Gasteiger partial charge < -0.3 is 19.5 Å². The quantitative estimate of drug-likeness (QED) is 0.649. The number of rotatable bonds is 5. The minimum atomic E-state index is -0.785. The minimum absolute atomic E-state index is 0.0846. The van der Waals surface area contributed by atoms with Crippen LogP contribution in [-0.4, -0.2) is 46.9 Å². The van der Waals surface area contributed by atoms with Gasteiger partial charge in [0.2, 0.25) is 11.9 Å². The van der Waals surface area contributed by atoms with Crippen LogP contribution in [0.5, 0.6) is 17.2 Å². The van der Waals surface area contributed by atoms with Gasteiger partial charge in [0.25, 0.3) is 5.91 Å². The van der Waals surface area contributed by atoms with Crippen LogP contribution in [0.1, 0.15) is 12.5 Å². The van der Waals surface area contributed by atoms with Crippen molar-refractivity contribution in [2.24, 2.45) is 0 Å². The number of benzene rings is 2. The molecular weight excluding hydrogens is 402 g/mol. The molecule has 10 nitrogen and oxygen atoms in total. The Hall–Kier alpha value is -4.08. The van der Waals surface area contributed by atoms with Gasteiger partial charge in [0, 0.05) is 17.3 Å². The molecule has 0 spiro atoms. The fraction of sp³-hybridized carbons (Fsp3) is 0.238. The Morgan fingerprint density at radius 2 is 1.97 bits per heavy atom. The van der Waals surface area contributed by atoms with E-state index in [1.165, 1.54) is 4.68 Å². The van der Waals surface area contributed by atoms with Gasteiger partial charge >= 0.3 is 0 Å². The lowest BCUT2D eigenvalue weighted by atomic mass is 10.2. The number of nitrogens with one attached hydrogen (secondary N) is 2. The molecule has 2 aromatic carbocycles. The zero-order valence-corrected chi connectivity index (χ0v) is 16.6. The standard InChI is InChI=1S/C21H19N5O5/c1-29-14-5-2-12(3-6-14)19-23-21-24-20(28)15(26(21)25-19)11-18(27)22-13-4-7-16-17(10-13)31-9-8-30-16/h2-7,10,15H,8-9,11H2,1H3,(H,22,27)(H,23,24,25,28). The first-order valence-corrected chi connectivity index (χ1v) is 9.72. The fourth-order valence-electron chi connectivity index (χ4n) is 3.48. The predicted molar refractivity (Wildman–Crippen MR) is 110 cm³/mol. The molecule has 0 bridgehead atoms. The van der Waals surface area contributed by atoms with Crippen LogP contribution in [0.2, 0.25) is 0 Å². The summed E-state index contributed by atoms with van der Waals surface area (Å²) in [5, 5.41) is 9.90. The van der Waals surface area contributed by atoms with Gasteiger partial charge in [-0.25, -0.2) is 4.68 Å². The summed E-state index contributed by atoms with van der Waals surface area (Å²) in [7, 11) is 1.59. The number of fused-ring (bicyclic) bond motifs is 2. The zero-order valence-electron chi connectivity index (χ0n) is 16.6. The smallest absolute Gasteiger partial charge is 0.252 e. The molecule has 0 fully saturated rings. The molecule has 1 atom stereocenters. The molecule has 1 aromatic heterocycles. The number of amides is 2. The molecule has 3 aromatic rings. The molecule has 0 saturated heterocycles. The van der Waals surface area contributed by atoms with Crippen molar-refractivity contribution in [1.29, 1.82) is 0 Å². The third kappa shape index (κ3) is 3.63. The van der Waals surface area contributed by atoms with Gasteiger partial charge in [-0.15, -0.1) is 5.10 Å². The molecule has 1 unspecified atom stereocenters. The SMILES string of the molecule is COc1ccc(-c2nc3n(n2)C(CC(=O)Nc2ccc4c(c2)OCCO4)C(=O)N3)cc1. The lowest BCUT2D eigenvalue weighted by Crippen LogP contribution is -2.24. The van der Waals surface area contributed by atoms with Gasteiger partial charge in [-0.3, -0.25) is 14.9 Å². The molecule has 3 heterocycles. The number of carbonyl (C=O) groups excluding carboxylic acids is 2. The second kappa shape index (κ2) is 7.63. The summed E-state index contributed by atoms with van der Waals surface area (Å²) in [6.45, 7) is 0.951. The highest BCUT2D eigenvalue weighted by atomic mass is 16.6. The van der Waals surface area contributed by atoms with E-state index in [4.69, 9.17) is 14.2 Å². The monoisotopic (exact) mass is 421 g/mol. The lowest BCUT2D eigenvalue weighted by molar-refractivity contribution is -0.123. The number of carbonyl (C=O) groups is 2.